The van der Waals surface area contributed by atoms with E-state index in [0.717, 1.165) is 22.0 Å². The van der Waals surface area contributed by atoms with Gasteiger partial charge in [-0.25, -0.2) is 9.59 Å². The quantitative estimate of drug-likeness (QED) is 0.336. The van der Waals surface area contributed by atoms with Gasteiger partial charge in [-0.2, -0.15) is 0 Å². The number of H-pyrrole nitrogens is 2. The molecular weight excluding hydrogens is 452 g/mol. The van der Waals surface area contributed by atoms with E-state index in [1.54, 1.807) is 24.3 Å². The van der Waals surface area contributed by atoms with Gasteiger partial charge in [0.15, 0.2) is 0 Å². The highest BCUT2D eigenvalue weighted by molar-refractivity contribution is 5.56. The molecule has 11 nitrogen and oxygen atoms in total. The average Bonchev–Trinajstić information content (AvgIpc) is 2.82. The summed E-state index contributed by atoms with van der Waals surface area (Å²) in [6.45, 7) is 4.25. The summed E-state index contributed by atoms with van der Waals surface area (Å²) in [6.07, 6.45) is 2.72. The molecule has 0 radical (unpaired) electrons. The Hall–Kier alpha value is -4.02. The minimum absolute atomic E-state index is 0.00755. The van der Waals surface area contributed by atoms with Gasteiger partial charge in [-0.3, -0.25) is 28.7 Å². The van der Waals surface area contributed by atoms with Crippen molar-refractivity contribution in [2.24, 2.45) is 0 Å². The zero-order valence-electron chi connectivity index (χ0n) is 20.2. The van der Waals surface area contributed by atoms with Crippen LogP contribution in [0.3, 0.4) is 0 Å². The molecule has 0 spiro atoms. The molecule has 0 amide bonds. The van der Waals surface area contributed by atoms with Gasteiger partial charge in [-0.15, -0.1) is 0 Å². The summed E-state index contributed by atoms with van der Waals surface area (Å²) in [5, 5.41) is 0. The molecule has 3 rings (SSSR count). The van der Waals surface area contributed by atoms with Crippen LogP contribution in [-0.4, -0.2) is 26.2 Å². The molecule has 0 bridgehead atoms. The molecule has 11 heteroatoms. The first-order valence-corrected chi connectivity index (χ1v) is 11.6. The van der Waals surface area contributed by atoms with Crippen molar-refractivity contribution in [1.82, 2.24) is 19.1 Å². The molecule has 0 saturated carbocycles. The second-order valence-electron chi connectivity index (χ2n) is 8.35. The van der Waals surface area contributed by atoms with E-state index in [0.29, 0.717) is 24.2 Å². The number of aromatic nitrogens is 4. The molecule has 35 heavy (non-hydrogen) atoms. The standard InChI is InChI=1S/C24H32N6O5/c1-4-6-11-29-21(31)17(19(25)27-23(29)33)16(14-9-8-10-15(13-14)35-3)18-20(26)28-24(34)30(22(18)32)12-7-5-2/h8-10,13,16H,4-7,11-12,25-26H2,1-3H3,(H,27,33)(H,28,34). The van der Waals surface area contributed by atoms with Crippen molar-refractivity contribution in [3.05, 3.63) is 82.6 Å². The van der Waals surface area contributed by atoms with Crippen LogP contribution in [0.25, 0.3) is 0 Å². The lowest BCUT2D eigenvalue weighted by molar-refractivity contribution is 0.414. The molecule has 0 fully saturated rings. The molecule has 0 atom stereocenters. The zero-order valence-corrected chi connectivity index (χ0v) is 20.2. The smallest absolute Gasteiger partial charge is 0.329 e. The highest BCUT2D eigenvalue weighted by Gasteiger charge is 2.31. The maximum Gasteiger partial charge on any atom is 0.329 e. The summed E-state index contributed by atoms with van der Waals surface area (Å²) in [7, 11) is 1.49. The first-order valence-electron chi connectivity index (χ1n) is 11.6. The molecule has 2 aromatic heterocycles. The van der Waals surface area contributed by atoms with E-state index in [1.807, 2.05) is 13.8 Å². The first-order chi connectivity index (χ1) is 16.7. The van der Waals surface area contributed by atoms with Crippen molar-refractivity contribution in [3.63, 3.8) is 0 Å². The lowest BCUT2D eigenvalue weighted by Crippen LogP contribution is -2.42. The van der Waals surface area contributed by atoms with Gasteiger partial charge < -0.3 is 16.2 Å². The van der Waals surface area contributed by atoms with Crippen molar-refractivity contribution in [2.75, 3.05) is 18.6 Å². The maximum absolute atomic E-state index is 13.6. The predicted molar refractivity (Wildman–Crippen MR) is 135 cm³/mol. The second-order valence-corrected chi connectivity index (χ2v) is 8.35. The van der Waals surface area contributed by atoms with Crippen LogP contribution in [0.5, 0.6) is 5.75 Å². The van der Waals surface area contributed by atoms with Gasteiger partial charge in [0.2, 0.25) is 0 Å². The van der Waals surface area contributed by atoms with Crippen LogP contribution in [0.2, 0.25) is 0 Å². The molecule has 188 valence electrons. The Labute approximate surface area is 201 Å². The number of hydrogen-bond donors (Lipinski definition) is 4. The van der Waals surface area contributed by atoms with Crippen LogP contribution >= 0.6 is 0 Å². The van der Waals surface area contributed by atoms with E-state index in [-0.39, 0.29) is 35.9 Å². The SMILES string of the molecule is CCCCn1c(=O)[nH]c(N)c(C(c2cccc(OC)c2)c2c(N)[nH]c(=O)n(CCCC)c2=O)c1=O. The van der Waals surface area contributed by atoms with Crippen LogP contribution in [0, 0.1) is 0 Å². The minimum atomic E-state index is -1.07. The van der Waals surface area contributed by atoms with E-state index in [1.165, 1.54) is 7.11 Å². The van der Waals surface area contributed by atoms with Gasteiger partial charge in [-0.1, -0.05) is 38.8 Å². The van der Waals surface area contributed by atoms with Crippen LogP contribution < -0.4 is 38.7 Å². The molecule has 2 heterocycles. The third-order valence-electron chi connectivity index (χ3n) is 5.98. The number of benzene rings is 1. The Morgan fingerprint density at radius 3 is 1.77 bits per heavy atom. The number of rotatable bonds is 10. The highest BCUT2D eigenvalue weighted by Crippen LogP contribution is 2.34. The van der Waals surface area contributed by atoms with Gasteiger partial charge in [0.05, 0.1) is 24.2 Å². The number of nitrogen functional groups attached to an aromatic ring is 2. The van der Waals surface area contributed by atoms with Crippen molar-refractivity contribution < 1.29 is 4.74 Å². The summed E-state index contributed by atoms with van der Waals surface area (Å²) in [5.74, 6) is -0.938. The first kappa shape index (κ1) is 25.6. The number of ether oxygens (including phenoxy) is 1. The molecule has 0 aliphatic carbocycles. The van der Waals surface area contributed by atoms with Crippen LogP contribution in [0.4, 0.5) is 11.6 Å². The Morgan fingerprint density at radius 2 is 1.34 bits per heavy atom. The fraction of sp³-hybridized carbons (Fsp3) is 0.417. The van der Waals surface area contributed by atoms with E-state index in [4.69, 9.17) is 16.2 Å². The second kappa shape index (κ2) is 10.9. The number of nitrogens with one attached hydrogen (secondary N) is 2. The number of hydrogen-bond acceptors (Lipinski definition) is 7. The fourth-order valence-electron chi connectivity index (χ4n) is 4.10. The monoisotopic (exact) mass is 484 g/mol. The summed E-state index contributed by atoms with van der Waals surface area (Å²) in [4.78, 5) is 57.4. The lowest BCUT2D eigenvalue weighted by Gasteiger charge is -2.22. The van der Waals surface area contributed by atoms with Crippen LogP contribution in [-0.2, 0) is 13.1 Å². The molecule has 0 saturated heterocycles. The van der Waals surface area contributed by atoms with E-state index >= 15 is 0 Å². The van der Waals surface area contributed by atoms with Crippen molar-refractivity contribution in [1.29, 1.82) is 0 Å². The molecule has 0 aliphatic rings. The molecule has 0 unspecified atom stereocenters. The fourth-order valence-corrected chi connectivity index (χ4v) is 4.10. The van der Waals surface area contributed by atoms with Crippen molar-refractivity contribution >= 4 is 11.6 Å². The molecule has 1 aromatic carbocycles. The van der Waals surface area contributed by atoms with E-state index in [2.05, 4.69) is 9.97 Å². The molecule has 0 aliphatic heterocycles. The van der Waals surface area contributed by atoms with E-state index in [9.17, 15) is 19.2 Å². The van der Waals surface area contributed by atoms with Crippen LogP contribution in [0.1, 0.15) is 62.1 Å². The van der Waals surface area contributed by atoms with Gasteiger partial charge in [0.25, 0.3) is 11.1 Å². The highest BCUT2D eigenvalue weighted by atomic mass is 16.5. The summed E-state index contributed by atoms with van der Waals surface area (Å²) >= 11 is 0. The van der Waals surface area contributed by atoms with E-state index < -0.39 is 28.4 Å². The third-order valence-corrected chi connectivity index (χ3v) is 5.98. The Kier molecular flexibility index (Phi) is 8.00. The number of nitrogens with zero attached hydrogens (tertiary/aromatic N) is 2. The summed E-state index contributed by atoms with van der Waals surface area (Å²) in [6, 6.07) is 6.78. The van der Waals surface area contributed by atoms with Gasteiger partial charge in [0.1, 0.15) is 17.4 Å². The number of aromatic amines is 2. The largest absolute Gasteiger partial charge is 0.497 e. The summed E-state index contributed by atoms with van der Waals surface area (Å²) < 4.78 is 7.48. The molecular formula is C24H32N6O5. The van der Waals surface area contributed by atoms with Crippen LogP contribution in [0.15, 0.2) is 43.4 Å². The number of unbranched alkanes of at least 4 members (excludes halogenated alkanes) is 2. The number of methoxy groups -OCH3 is 1. The Balaban J connectivity index is 2.43. The maximum atomic E-state index is 13.6. The minimum Gasteiger partial charge on any atom is -0.497 e. The Bertz CT molecular complexity index is 1350. The van der Waals surface area contributed by atoms with Gasteiger partial charge >= 0.3 is 11.4 Å². The molecule has 6 N–H and O–H groups in total. The third kappa shape index (κ3) is 5.08. The summed E-state index contributed by atoms with van der Waals surface area (Å²) in [5.41, 5.74) is 10.3. The average molecular weight is 485 g/mol. The van der Waals surface area contributed by atoms with Gasteiger partial charge in [0, 0.05) is 13.1 Å². The zero-order chi connectivity index (χ0) is 25.7. The van der Waals surface area contributed by atoms with Gasteiger partial charge in [-0.05, 0) is 30.5 Å². The molecule has 3 aromatic rings. The van der Waals surface area contributed by atoms with Crippen molar-refractivity contribution in [2.45, 2.75) is 58.5 Å². The number of anilines is 2. The number of nitrogens with two attached hydrogens (primary N) is 2. The normalized spacial score (nSPS) is 11.2. The Morgan fingerprint density at radius 1 is 0.857 bits per heavy atom. The van der Waals surface area contributed by atoms with Crippen molar-refractivity contribution in [3.8, 4) is 5.75 Å². The topological polar surface area (TPSA) is 171 Å². The predicted octanol–water partition coefficient (Wildman–Crippen LogP) is 1.34. The lowest BCUT2D eigenvalue weighted by atomic mass is 9.86.